The van der Waals surface area contributed by atoms with Gasteiger partial charge in [0.05, 0.1) is 16.7 Å². The third kappa shape index (κ3) is 3.97. The van der Waals surface area contributed by atoms with Crippen LogP contribution in [0, 0.1) is 5.82 Å². The molecule has 2 rings (SSSR count). The second kappa shape index (κ2) is 7.57. The lowest BCUT2D eigenvalue weighted by atomic mass is 9.84. The van der Waals surface area contributed by atoms with Gasteiger partial charge in [-0.3, -0.25) is 0 Å². The van der Waals surface area contributed by atoms with E-state index in [4.69, 9.17) is 16.3 Å². The molecule has 1 aromatic rings. The number of hydrogen-bond acceptors (Lipinski definition) is 2. The molecule has 0 bridgehead atoms. The van der Waals surface area contributed by atoms with Crippen LogP contribution in [0.4, 0.5) is 4.39 Å². The van der Waals surface area contributed by atoms with Crippen molar-refractivity contribution in [3.05, 3.63) is 34.6 Å². The highest BCUT2D eigenvalue weighted by atomic mass is 35.5. The van der Waals surface area contributed by atoms with Crippen molar-refractivity contribution in [3.63, 3.8) is 0 Å². The molecule has 0 aliphatic heterocycles. The van der Waals surface area contributed by atoms with Gasteiger partial charge in [-0.2, -0.15) is 0 Å². The molecule has 0 heterocycles. The zero-order valence-corrected chi connectivity index (χ0v) is 13.3. The Morgan fingerprint density at radius 2 is 1.95 bits per heavy atom. The Labute approximate surface area is 131 Å². The van der Waals surface area contributed by atoms with E-state index in [-0.39, 0.29) is 5.02 Å². The monoisotopic (exact) mass is 314 g/mol. The molecule has 1 atom stereocenters. The van der Waals surface area contributed by atoms with Crippen LogP contribution < -0.4 is 0 Å². The van der Waals surface area contributed by atoms with Crippen molar-refractivity contribution in [3.8, 4) is 0 Å². The predicted octanol–water partition coefficient (Wildman–Crippen LogP) is 4.51. The lowest BCUT2D eigenvalue weighted by Gasteiger charge is -2.37. The fourth-order valence-corrected chi connectivity index (χ4v) is 3.49. The lowest BCUT2D eigenvalue weighted by molar-refractivity contribution is -0.128. The van der Waals surface area contributed by atoms with Gasteiger partial charge in [0.25, 0.3) is 0 Å². The van der Waals surface area contributed by atoms with Gasteiger partial charge in [-0.25, -0.2) is 4.39 Å². The average Bonchev–Trinajstić information content (AvgIpc) is 2.71. The molecule has 4 heteroatoms. The van der Waals surface area contributed by atoms with Crippen LogP contribution in [0.25, 0.3) is 0 Å². The third-order valence-corrected chi connectivity index (χ3v) is 4.86. The summed E-state index contributed by atoms with van der Waals surface area (Å²) in [7, 11) is 0. The van der Waals surface area contributed by atoms with Gasteiger partial charge in [0.15, 0.2) is 0 Å². The first-order chi connectivity index (χ1) is 10.1. The van der Waals surface area contributed by atoms with Crippen molar-refractivity contribution >= 4 is 11.6 Å². The maximum Gasteiger partial charge on any atom is 0.142 e. The Kier molecular flexibility index (Phi) is 6.03. The molecule has 0 aromatic heterocycles. The molecule has 1 N–H and O–H groups in total. The minimum Gasteiger partial charge on any atom is -0.390 e. The molecule has 1 saturated carbocycles. The quantitative estimate of drug-likeness (QED) is 0.810. The molecular formula is C17H24ClFO2. The molecule has 2 nitrogen and oxygen atoms in total. The largest absolute Gasteiger partial charge is 0.390 e. The number of aliphatic hydroxyl groups excluding tert-OH is 1. The molecule has 0 spiro atoms. The van der Waals surface area contributed by atoms with Gasteiger partial charge in [0, 0.05) is 13.0 Å². The summed E-state index contributed by atoms with van der Waals surface area (Å²) in [6.07, 6.45) is 5.88. The number of hydrogen-bond donors (Lipinski definition) is 1. The maximum atomic E-state index is 13.5. The van der Waals surface area contributed by atoms with Gasteiger partial charge >= 0.3 is 0 Å². The molecule has 0 amide bonds. The van der Waals surface area contributed by atoms with Crippen LogP contribution in [0.5, 0.6) is 0 Å². The van der Waals surface area contributed by atoms with E-state index in [0.717, 1.165) is 25.7 Å². The van der Waals surface area contributed by atoms with Crippen LogP contribution >= 0.6 is 11.6 Å². The van der Waals surface area contributed by atoms with E-state index in [2.05, 4.69) is 0 Å². The highest BCUT2D eigenvalue weighted by Crippen LogP contribution is 2.35. The first-order valence-corrected chi connectivity index (χ1v) is 8.22. The van der Waals surface area contributed by atoms with Gasteiger partial charge < -0.3 is 9.84 Å². The zero-order valence-electron chi connectivity index (χ0n) is 12.6. The molecule has 1 aliphatic carbocycles. The summed E-state index contributed by atoms with van der Waals surface area (Å²) in [4.78, 5) is 0. The number of halogens is 2. The Bertz CT molecular complexity index is 456. The Balaban J connectivity index is 2.18. The molecule has 1 aliphatic rings. The summed E-state index contributed by atoms with van der Waals surface area (Å²) in [5.41, 5.74) is 0.133. The minimum absolute atomic E-state index is 0.108. The first-order valence-electron chi connectivity index (χ1n) is 7.84. The summed E-state index contributed by atoms with van der Waals surface area (Å²) < 4.78 is 19.5. The summed E-state index contributed by atoms with van der Waals surface area (Å²) in [6, 6.07) is 4.73. The molecular weight excluding hydrogens is 291 g/mol. The average molecular weight is 315 g/mol. The molecule has 21 heavy (non-hydrogen) atoms. The van der Waals surface area contributed by atoms with Crippen LogP contribution in [0.2, 0.25) is 5.02 Å². The fraction of sp³-hybridized carbons (Fsp3) is 0.647. The Hall–Kier alpha value is -0.640. The number of ether oxygens (including phenoxy) is 1. The molecule has 118 valence electrons. The van der Waals surface area contributed by atoms with Crippen molar-refractivity contribution in [1.29, 1.82) is 0 Å². The van der Waals surface area contributed by atoms with E-state index < -0.39 is 17.5 Å². The van der Waals surface area contributed by atoms with Crippen molar-refractivity contribution in [2.24, 2.45) is 0 Å². The predicted molar refractivity (Wildman–Crippen MR) is 83.2 cm³/mol. The van der Waals surface area contributed by atoms with Gasteiger partial charge in [0.2, 0.25) is 0 Å². The SMILES string of the molecule is CCOC1(C(O)Cc2cccc(F)c2Cl)CCCCCC1. The zero-order chi connectivity index (χ0) is 15.3. The molecule has 0 radical (unpaired) electrons. The topological polar surface area (TPSA) is 29.5 Å². The highest BCUT2D eigenvalue weighted by Gasteiger charge is 2.39. The minimum atomic E-state index is -0.658. The second-order valence-electron chi connectivity index (χ2n) is 5.84. The van der Waals surface area contributed by atoms with Crippen LogP contribution in [0.15, 0.2) is 18.2 Å². The molecule has 1 aromatic carbocycles. The normalized spacial score (nSPS) is 20.0. The molecule has 0 saturated heterocycles. The van der Waals surface area contributed by atoms with Crippen molar-refractivity contribution < 1.29 is 14.2 Å². The van der Waals surface area contributed by atoms with E-state index in [1.165, 1.54) is 18.9 Å². The van der Waals surface area contributed by atoms with E-state index >= 15 is 0 Å². The van der Waals surface area contributed by atoms with Crippen LogP contribution in [-0.4, -0.2) is 23.4 Å². The van der Waals surface area contributed by atoms with Gasteiger partial charge in [-0.05, 0) is 31.4 Å². The standard InChI is InChI=1S/C17H24ClFO2/c1-2-21-17(10-5-3-4-6-11-17)15(20)12-13-8-7-9-14(19)16(13)18/h7-9,15,20H,2-6,10-12H2,1H3. The maximum absolute atomic E-state index is 13.5. The smallest absolute Gasteiger partial charge is 0.142 e. The van der Waals surface area contributed by atoms with E-state index in [1.807, 2.05) is 6.92 Å². The van der Waals surface area contributed by atoms with Gasteiger partial charge in [-0.15, -0.1) is 0 Å². The lowest BCUT2D eigenvalue weighted by Crippen LogP contribution is -2.46. The fourth-order valence-electron chi connectivity index (χ4n) is 3.29. The van der Waals surface area contributed by atoms with Gasteiger partial charge in [0.1, 0.15) is 5.82 Å². The Morgan fingerprint density at radius 1 is 1.29 bits per heavy atom. The highest BCUT2D eigenvalue weighted by molar-refractivity contribution is 6.31. The summed E-state index contributed by atoms with van der Waals surface area (Å²) in [6.45, 7) is 2.53. The van der Waals surface area contributed by atoms with Crippen molar-refractivity contribution in [1.82, 2.24) is 0 Å². The van der Waals surface area contributed by atoms with Crippen LogP contribution in [-0.2, 0) is 11.2 Å². The van der Waals surface area contributed by atoms with E-state index in [9.17, 15) is 9.50 Å². The molecule has 1 unspecified atom stereocenters. The van der Waals surface area contributed by atoms with Crippen LogP contribution in [0.3, 0.4) is 0 Å². The molecule has 1 fully saturated rings. The second-order valence-corrected chi connectivity index (χ2v) is 6.22. The van der Waals surface area contributed by atoms with Gasteiger partial charge in [-0.1, -0.05) is 49.4 Å². The van der Waals surface area contributed by atoms with Crippen LogP contribution in [0.1, 0.15) is 51.0 Å². The van der Waals surface area contributed by atoms with Crippen molar-refractivity contribution in [2.75, 3.05) is 6.61 Å². The number of benzene rings is 1. The summed E-state index contributed by atoms with van der Waals surface area (Å²) >= 11 is 6.00. The Morgan fingerprint density at radius 3 is 2.57 bits per heavy atom. The first kappa shape index (κ1) is 16.7. The number of aliphatic hydroxyl groups is 1. The van der Waals surface area contributed by atoms with E-state index in [1.54, 1.807) is 12.1 Å². The summed E-state index contributed by atoms with van der Waals surface area (Å²) in [5, 5.41) is 10.9. The van der Waals surface area contributed by atoms with E-state index in [0.29, 0.717) is 18.6 Å². The third-order valence-electron chi connectivity index (χ3n) is 4.43. The summed E-state index contributed by atoms with van der Waals surface area (Å²) in [5.74, 6) is -0.437. The number of rotatable bonds is 5. The van der Waals surface area contributed by atoms with Crippen molar-refractivity contribution in [2.45, 2.75) is 63.6 Å².